The molecule has 1 unspecified atom stereocenters. The summed E-state index contributed by atoms with van der Waals surface area (Å²) in [7, 11) is 4.22. The van der Waals surface area contributed by atoms with Gasteiger partial charge in [0, 0.05) is 25.3 Å². The smallest absolute Gasteiger partial charge is 0.174 e. The van der Waals surface area contributed by atoms with Crippen molar-refractivity contribution in [1.29, 1.82) is 0 Å². The average molecular weight is 291 g/mol. The van der Waals surface area contributed by atoms with E-state index >= 15 is 0 Å². The van der Waals surface area contributed by atoms with E-state index in [-0.39, 0.29) is 5.84 Å². The number of hydrogen-bond acceptors (Lipinski definition) is 5. The second kappa shape index (κ2) is 6.30. The summed E-state index contributed by atoms with van der Waals surface area (Å²) >= 11 is 0. The van der Waals surface area contributed by atoms with Gasteiger partial charge in [0.1, 0.15) is 0 Å². The van der Waals surface area contributed by atoms with Crippen molar-refractivity contribution in [2.24, 2.45) is 10.9 Å². The molecule has 0 bridgehead atoms. The van der Waals surface area contributed by atoms with Crippen LogP contribution in [0.25, 0.3) is 0 Å². The second-order valence-electron chi connectivity index (χ2n) is 5.89. The lowest BCUT2D eigenvalue weighted by Gasteiger charge is -2.29. The van der Waals surface area contributed by atoms with E-state index in [1.807, 2.05) is 19.9 Å². The minimum atomic E-state index is 0.113. The fourth-order valence-corrected chi connectivity index (χ4v) is 3.10. The van der Waals surface area contributed by atoms with Gasteiger partial charge in [0.25, 0.3) is 0 Å². The van der Waals surface area contributed by atoms with Gasteiger partial charge < -0.3 is 20.7 Å². The van der Waals surface area contributed by atoms with Gasteiger partial charge in [-0.05, 0) is 46.3 Å². The molecule has 3 N–H and O–H groups in total. The molecule has 116 valence electrons. The number of nitrogens with zero attached hydrogens (tertiary/aromatic N) is 4. The first kappa shape index (κ1) is 15.6. The maximum atomic E-state index is 9.02. The first-order valence-electron chi connectivity index (χ1n) is 7.31. The molecule has 1 aromatic rings. The predicted molar refractivity (Wildman–Crippen MR) is 85.1 cm³/mol. The maximum Gasteiger partial charge on any atom is 0.174 e. The van der Waals surface area contributed by atoms with Crippen LogP contribution in [0.1, 0.15) is 29.8 Å². The Kier molecular flexibility index (Phi) is 4.67. The minimum absolute atomic E-state index is 0.113. The third kappa shape index (κ3) is 3.26. The Morgan fingerprint density at radius 3 is 2.86 bits per heavy atom. The number of amidine groups is 1. The first-order valence-corrected chi connectivity index (χ1v) is 7.31. The van der Waals surface area contributed by atoms with Gasteiger partial charge >= 0.3 is 0 Å². The SMILES string of the molecule is Cc1cc(N(C)CC2CCCN2C)c(/C(N)=N/O)c(C)n1. The van der Waals surface area contributed by atoms with Crippen molar-refractivity contribution in [3.63, 3.8) is 0 Å². The van der Waals surface area contributed by atoms with Crippen LogP contribution in [0.5, 0.6) is 0 Å². The number of anilines is 1. The van der Waals surface area contributed by atoms with Crippen LogP contribution in [-0.2, 0) is 0 Å². The zero-order chi connectivity index (χ0) is 15.6. The van der Waals surface area contributed by atoms with E-state index in [4.69, 9.17) is 10.9 Å². The van der Waals surface area contributed by atoms with Crippen LogP contribution < -0.4 is 10.6 Å². The molecule has 1 aliphatic heterocycles. The quantitative estimate of drug-likeness (QED) is 0.379. The van der Waals surface area contributed by atoms with Crippen molar-refractivity contribution in [1.82, 2.24) is 9.88 Å². The number of likely N-dealkylation sites (tertiary alicyclic amines) is 1. The maximum absolute atomic E-state index is 9.02. The Labute approximate surface area is 126 Å². The van der Waals surface area contributed by atoms with E-state index in [1.165, 1.54) is 12.8 Å². The highest BCUT2D eigenvalue weighted by Gasteiger charge is 2.24. The average Bonchev–Trinajstić information content (AvgIpc) is 2.82. The molecule has 1 atom stereocenters. The summed E-state index contributed by atoms with van der Waals surface area (Å²) in [5, 5.41) is 12.2. The van der Waals surface area contributed by atoms with Gasteiger partial charge in [-0.2, -0.15) is 0 Å². The lowest BCUT2D eigenvalue weighted by molar-refractivity contribution is 0.314. The molecule has 0 spiro atoms. The third-order valence-corrected chi connectivity index (χ3v) is 4.24. The van der Waals surface area contributed by atoms with E-state index in [0.717, 1.165) is 30.2 Å². The highest BCUT2D eigenvalue weighted by atomic mass is 16.4. The number of hydrogen-bond donors (Lipinski definition) is 2. The fourth-order valence-electron chi connectivity index (χ4n) is 3.10. The predicted octanol–water partition coefficient (Wildman–Crippen LogP) is 1.32. The standard InChI is InChI=1S/C15H25N5O/c1-10-8-13(14(11(2)17-10)15(16)18-21)20(4)9-12-6-5-7-19(12)3/h8,12,21H,5-7,9H2,1-4H3,(H2,16,18). The largest absolute Gasteiger partial charge is 0.409 e. The molecule has 0 saturated carbocycles. The molecular weight excluding hydrogens is 266 g/mol. The van der Waals surface area contributed by atoms with E-state index in [2.05, 4.69) is 34.0 Å². The highest BCUT2D eigenvalue weighted by Crippen LogP contribution is 2.25. The van der Waals surface area contributed by atoms with E-state index in [9.17, 15) is 0 Å². The molecule has 6 heteroatoms. The van der Waals surface area contributed by atoms with Crippen molar-refractivity contribution in [2.75, 3.05) is 32.1 Å². The molecule has 1 fully saturated rings. The summed E-state index contributed by atoms with van der Waals surface area (Å²) in [5.41, 5.74) is 9.24. The van der Waals surface area contributed by atoms with E-state index < -0.39 is 0 Å². The molecule has 21 heavy (non-hydrogen) atoms. The van der Waals surface area contributed by atoms with Crippen molar-refractivity contribution in [2.45, 2.75) is 32.7 Å². The number of oxime groups is 1. The zero-order valence-electron chi connectivity index (χ0n) is 13.3. The first-order chi connectivity index (χ1) is 9.93. The number of likely N-dealkylation sites (N-methyl/N-ethyl adjacent to an activating group) is 2. The van der Waals surface area contributed by atoms with Crippen molar-refractivity contribution < 1.29 is 5.21 Å². The van der Waals surface area contributed by atoms with Gasteiger partial charge in [0.05, 0.1) is 16.9 Å². The fraction of sp³-hybridized carbons (Fsp3) is 0.600. The lowest BCUT2D eigenvalue weighted by atomic mass is 10.1. The molecule has 1 saturated heterocycles. The monoisotopic (exact) mass is 291 g/mol. The number of nitrogens with two attached hydrogens (primary N) is 1. The summed E-state index contributed by atoms with van der Waals surface area (Å²) in [6, 6.07) is 2.54. The Bertz CT molecular complexity index is 543. The Balaban J connectivity index is 2.33. The highest BCUT2D eigenvalue weighted by molar-refractivity contribution is 6.03. The van der Waals surface area contributed by atoms with Gasteiger partial charge in [-0.25, -0.2) is 0 Å². The number of pyridine rings is 1. The molecule has 2 heterocycles. The molecular formula is C15H25N5O. The van der Waals surface area contributed by atoms with E-state index in [1.54, 1.807) is 0 Å². The van der Waals surface area contributed by atoms with Crippen LogP contribution in [0.2, 0.25) is 0 Å². The van der Waals surface area contributed by atoms with Crippen LogP contribution in [0.4, 0.5) is 5.69 Å². The van der Waals surface area contributed by atoms with Gasteiger partial charge in [-0.1, -0.05) is 5.16 Å². The third-order valence-electron chi connectivity index (χ3n) is 4.24. The molecule has 0 radical (unpaired) electrons. The molecule has 6 nitrogen and oxygen atoms in total. The number of aromatic nitrogens is 1. The van der Waals surface area contributed by atoms with Gasteiger partial charge in [-0.3, -0.25) is 4.98 Å². The van der Waals surface area contributed by atoms with Gasteiger partial charge in [0.15, 0.2) is 5.84 Å². The Hall–Kier alpha value is -1.82. The molecule has 0 aromatic carbocycles. The van der Waals surface area contributed by atoms with E-state index in [0.29, 0.717) is 11.6 Å². The molecule has 1 aliphatic rings. The molecule has 1 aromatic heterocycles. The Morgan fingerprint density at radius 1 is 1.57 bits per heavy atom. The minimum Gasteiger partial charge on any atom is -0.409 e. The summed E-state index contributed by atoms with van der Waals surface area (Å²) in [5.74, 6) is 0.113. The molecule has 2 rings (SSSR count). The molecule has 0 aliphatic carbocycles. The lowest BCUT2D eigenvalue weighted by Crippen LogP contribution is -2.37. The number of aryl methyl sites for hydroxylation is 2. The van der Waals surface area contributed by atoms with Crippen molar-refractivity contribution in [3.05, 3.63) is 23.0 Å². The van der Waals surface area contributed by atoms with Crippen molar-refractivity contribution >= 4 is 11.5 Å². The van der Waals surface area contributed by atoms with Crippen LogP contribution in [0.3, 0.4) is 0 Å². The summed E-state index contributed by atoms with van der Waals surface area (Å²) in [4.78, 5) is 8.99. The van der Waals surface area contributed by atoms with Crippen molar-refractivity contribution in [3.8, 4) is 0 Å². The topological polar surface area (TPSA) is 78.0 Å². The van der Waals surface area contributed by atoms with Crippen LogP contribution in [-0.4, -0.2) is 54.2 Å². The van der Waals surface area contributed by atoms with Gasteiger partial charge in [0.2, 0.25) is 0 Å². The summed E-state index contributed by atoms with van der Waals surface area (Å²) < 4.78 is 0. The normalized spacial score (nSPS) is 20.0. The van der Waals surface area contributed by atoms with Crippen LogP contribution >= 0.6 is 0 Å². The Morgan fingerprint density at radius 2 is 2.29 bits per heavy atom. The summed E-state index contributed by atoms with van der Waals surface area (Å²) in [6.07, 6.45) is 2.46. The number of rotatable bonds is 4. The second-order valence-corrected chi connectivity index (χ2v) is 5.89. The zero-order valence-corrected chi connectivity index (χ0v) is 13.3. The van der Waals surface area contributed by atoms with Crippen LogP contribution in [0, 0.1) is 13.8 Å². The molecule has 0 amide bonds. The summed E-state index contributed by atoms with van der Waals surface area (Å²) in [6.45, 7) is 5.92. The van der Waals surface area contributed by atoms with Crippen LogP contribution in [0.15, 0.2) is 11.2 Å². The van der Waals surface area contributed by atoms with Gasteiger partial charge in [-0.15, -0.1) is 0 Å².